The maximum atomic E-state index is 12.6. The third-order valence-electron chi connectivity index (χ3n) is 4.85. The molecule has 0 saturated carbocycles. The SMILES string of the molecule is COc1ccccc1C1CNCCN1CC(=O)Nc1ccc(C)cc1C.Cl. The molecule has 1 fully saturated rings. The first kappa shape index (κ1) is 21.2. The van der Waals surface area contributed by atoms with Gasteiger partial charge >= 0.3 is 0 Å². The number of halogens is 1. The van der Waals surface area contributed by atoms with Crippen molar-refractivity contribution < 1.29 is 9.53 Å². The third kappa shape index (κ3) is 5.22. The van der Waals surface area contributed by atoms with Crippen LogP contribution in [0.15, 0.2) is 42.5 Å². The van der Waals surface area contributed by atoms with Crippen molar-refractivity contribution in [2.24, 2.45) is 0 Å². The molecule has 6 heteroatoms. The van der Waals surface area contributed by atoms with E-state index in [2.05, 4.69) is 34.6 Å². The second-order valence-corrected chi connectivity index (χ2v) is 6.80. The van der Waals surface area contributed by atoms with Crippen molar-refractivity contribution in [1.29, 1.82) is 0 Å². The highest BCUT2D eigenvalue weighted by molar-refractivity contribution is 5.93. The molecule has 2 N–H and O–H groups in total. The van der Waals surface area contributed by atoms with Crippen LogP contribution >= 0.6 is 12.4 Å². The van der Waals surface area contributed by atoms with Gasteiger partial charge in [-0.25, -0.2) is 0 Å². The van der Waals surface area contributed by atoms with Crippen LogP contribution in [0.3, 0.4) is 0 Å². The van der Waals surface area contributed by atoms with Crippen molar-refractivity contribution in [2.45, 2.75) is 19.9 Å². The Bertz CT molecular complexity index is 782. The molecule has 1 amide bonds. The van der Waals surface area contributed by atoms with Gasteiger partial charge in [0.25, 0.3) is 0 Å². The number of rotatable bonds is 5. The molecule has 0 aliphatic carbocycles. The average molecular weight is 390 g/mol. The van der Waals surface area contributed by atoms with E-state index in [1.165, 1.54) is 5.56 Å². The van der Waals surface area contributed by atoms with Crippen LogP contribution in [0.25, 0.3) is 0 Å². The predicted octanol–water partition coefficient (Wildman–Crippen LogP) is 3.32. The number of piperazine rings is 1. The maximum absolute atomic E-state index is 12.6. The van der Waals surface area contributed by atoms with Crippen LogP contribution in [-0.4, -0.2) is 44.1 Å². The second kappa shape index (κ2) is 9.74. The normalized spacial score (nSPS) is 17.1. The highest BCUT2D eigenvalue weighted by Gasteiger charge is 2.27. The molecule has 1 aliphatic rings. The first-order valence-electron chi connectivity index (χ1n) is 9.03. The number of nitrogens with one attached hydrogen (secondary N) is 2. The van der Waals surface area contributed by atoms with Gasteiger partial charge in [0.1, 0.15) is 5.75 Å². The molecule has 1 saturated heterocycles. The summed E-state index contributed by atoms with van der Waals surface area (Å²) in [5.74, 6) is 0.875. The van der Waals surface area contributed by atoms with E-state index in [0.717, 1.165) is 42.2 Å². The smallest absolute Gasteiger partial charge is 0.238 e. The number of nitrogens with zero attached hydrogens (tertiary/aromatic N) is 1. The highest BCUT2D eigenvalue weighted by Crippen LogP contribution is 2.30. The summed E-state index contributed by atoms with van der Waals surface area (Å²) < 4.78 is 5.52. The molecular formula is C21H28ClN3O2. The molecular weight excluding hydrogens is 362 g/mol. The molecule has 0 spiro atoms. The summed E-state index contributed by atoms with van der Waals surface area (Å²) in [7, 11) is 1.69. The van der Waals surface area contributed by atoms with E-state index in [0.29, 0.717) is 6.54 Å². The van der Waals surface area contributed by atoms with E-state index in [1.807, 2.05) is 37.3 Å². The molecule has 0 radical (unpaired) electrons. The lowest BCUT2D eigenvalue weighted by Gasteiger charge is -2.36. The van der Waals surface area contributed by atoms with Crippen LogP contribution in [0.2, 0.25) is 0 Å². The lowest BCUT2D eigenvalue weighted by molar-refractivity contribution is -0.118. The van der Waals surface area contributed by atoms with Crippen LogP contribution in [0.5, 0.6) is 5.75 Å². The van der Waals surface area contributed by atoms with Gasteiger partial charge in [0.15, 0.2) is 0 Å². The number of carbonyl (C=O) groups is 1. The van der Waals surface area contributed by atoms with Gasteiger partial charge in [0, 0.05) is 30.9 Å². The number of aryl methyl sites for hydroxylation is 2. The lowest BCUT2D eigenvalue weighted by Crippen LogP contribution is -2.48. The van der Waals surface area contributed by atoms with Crippen LogP contribution in [-0.2, 0) is 4.79 Å². The predicted molar refractivity (Wildman–Crippen MR) is 112 cm³/mol. The van der Waals surface area contributed by atoms with Crippen molar-refractivity contribution in [2.75, 3.05) is 38.6 Å². The minimum absolute atomic E-state index is 0. The molecule has 1 atom stereocenters. The molecule has 146 valence electrons. The van der Waals surface area contributed by atoms with Crippen molar-refractivity contribution >= 4 is 24.0 Å². The molecule has 1 aliphatic heterocycles. The molecule has 27 heavy (non-hydrogen) atoms. The summed E-state index contributed by atoms with van der Waals surface area (Å²) >= 11 is 0. The fourth-order valence-electron chi connectivity index (χ4n) is 3.51. The Morgan fingerprint density at radius 3 is 2.78 bits per heavy atom. The van der Waals surface area contributed by atoms with Gasteiger partial charge < -0.3 is 15.4 Å². The maximum Gasteiger partial charge on any atom is 0.238 e. The lowest BCUT2D eigenvalue weighted by atomic mass is 10.0. The van der Waals surface area contributed by atoms with Crippen molar-refractivity contribution in [1.82, 2.24) is 10.2 Å². The van der Waals surface area contributed by atoms with E-state index in [1.54, 1.807) is 7.11 Å². The summed E-state index contributed by atoms with van der Waals surface area (Å²) in [6.07, 6.45) is 0. The molecule has 0 bridgehead atoms. The average Bonchev–Trinajstić information content (AvgIpc) is 2.64. The number of hydrogen-bond donors (Lipinski definition) is 2. The Morgan fingerprint density at radius 1 is 1.26 bits per heavy atom. The fraction of sp³-hybridized carbons (Fsp3) is 0.381. The quantitative estimate of drug-likeness (QED) is 0.823. The zero-order valence-corrected chi connectivity index (χ0v) is 16.9. The third-order valence-corrected chi connectivity index (χ3v) is 4.85. The first-order valence-corrected chi connectivity index (χ1v) is 9.03. The van der Waals surface area contributed by atoms with Crippen LogP contribution in [0, 0.1) is 13.8 Å². The molecule has 0 aromatic heterocycles. The van der Waals surface area contributed by atoms with Gasteiger partial charge in [-0.15, -0.1) is 12.4 Å². The molecule has 5 nitrogen and oxygen atoms in total. The van der Waals surface area contributed by atoms with E-state index in [-0.39, 0.29) is 24.4 Å². The first-order chi connectivity index (χ1) is 12.6. The van der Waals surface area contributed by atoms with Crippen LogP contribution in [0.4, 0.5) is 5.69 Å². The number of amides is 1. The summed E-state index contributed by atoms with van der Waals surface area (Å²) in [5, 5.41) is 6.48. The minimum atomic E-state index is 0. The topological polar surface area (TPSA) is 53.6 Å². The highest BCUT2D eigenvalue weighted by atomic mass is 35.5. The van der Waals surface area contributed by atoms with Crippen molar-refractivity contribution in [3.8, 4) is 5.75 Å². The van der Waals surface area contributed by atoms with Gasteiger partial charge in [-0.1, -0.05) is 35.9 Å². The number of para-hydroxylation sites is 1. The summed E-state index contributed by atoms with van der Waals surface area (Å²) in [4.78, 5) is 14.9. The summed E-state index contributed by atoms with van der Waals surface area (Å²) in [6.45, 7) is 6.93. The van der Waals surface area contributed by atoms with Crippen LogP contribution < -0.4 is 15.4 Å². The zero-order valence-electron chi connectivity index (χ0n) is 16.1. The number of ether oxygens (including phenoxy) is 1. The number of carbonyl (C=O) groups excluding carboxylic acids is 1. The largest absolute Gasteiger partial charge is 0.496 e. The van der Waals surface area contributed by atoms with Crippen molar-refractivity contribution in [3.63, 3.8) is 0 Å². The molecule has 2 aromatic rings. The van der Waals surface area contributed by atoms with Gasteiger partial charge in [0.2, 0.25) is 5.91 Å². The monoisotopic (exact) mass is 389 g/mol. The standard InChI is InChI=1S/C21H27N3O2.ClH/c1-15-8-9-18(16(2)12-15)23-21(25)14-24-11-10-22-13-19(24)17-6-4-5-7-20(17)26-3;/h4-9,12,19,22H,10-11,13-14H2,1-3H3,(H,23,25);1H. The number of hydrogen-bond acceptors (Lipinski definition) is 4. The number of methoxy groups -OCH3 is 1. The van der Waals surface area contributed by atoms with E-state index in [4.69, 9.17) is 4.74 Å². The van der Waals surface area contributed by atoms with Gasteiger partial charge in [0.05, 0.1) is 19.7 Å². The molecule has 3 rings (SSSR count). The summed E-state index contributed by atoms with van der Waals surface area (Å²) in [5.41, 5.74) is 4.27. The minimum Gasteiger partial charge on any atom is -0.496 e. The van der Waals surface area contributed by atoms with E-state index >= 15 is 0 Å². The Hall–Kier alpha value is -2.08. The summed E-state index contributed by atoms with van der Waals surface area (Å²) in [6, 6.07) is 14.2. The zero-order chi connectivity index (χ0) is 18.5. The van der Waals surface area contributed by atoms with Gasteiger partial charge in [-0.05, 0) is 31.5 Å². The number of benzene rings is 2. The molecule has 1 unspecified atom stereocenters. The van der Waals surface area contributed by atoms with Gasteiger partial charge in [-0.2, -0.15) is 0 Å². The molecule has 2 aromatic carbocycles. The fourth-order valence-corrected chi connectivity index (χ4v) is 3.51. The van der Waals surface area contributed by atoms with Crippen molar-refractivity contribution in [3.05, 3.63) is 59.2 Å². The Kier molecular flexibility index (Phi) is 7.66. The Balaban J connectivity index is 0.00000261. The van der Waals surface area contributed by atoms with E-state index < -0.39 is 0 Å². The van der Waals surface area contributed by atoms with E-state index in [9.17, 15) is 4.79 Å². The Labute approximate surface area is 167 Å². The Morgan fingerprint density at radius 2 is 2.04 bits per heavy atom. The molecule has 1 heterocycles. The number of anilines is 1. The van der Waals surface area contributed by atoms with Gasteiger partial charge in [-0.3, -0.25) is 9.69 Å². The van der Waals surface area contributed by atoms with Crippen LogP contribution in [0.1, 0.15) is 22.7 Å². The second-order valence-electron chi connectivity index (χ2n) is 6.80.